The van der Waals surface area contributed by atoms with E-state index in [9.17, 15) is 8.42 Å². The second-order valence-electron chi connectivity index (χ2n) is 3.86. The Morgan fingerprint density at radius 1 is 1.24 bits per heavy atom. The van der Waals surface area contributed by atoms with E-state index in [-0.39, 0.29) is 18.9 Å². The number of nitrogens with zero attached hydrogens (tertiary/aromatic N) is 1. The molecular formula is C12H19NO3S. The minimum absolute atomic E-state index is 0.125. The predicted octanol–water partition coefficient (Wildman–Crippen LogP) is 1.22. The smallest absolute Gasteiger partial charge is 0.214 e. The molecule has 0 bridgehead atoms. The first-order valence-electron chi connectivity index (χ1n) is 5.72. The summed E-state index contributed by atoms with van der Waals surface area (Å²) in [5, 5.41) is 8.94. The van der Waals surface area contributed by atoms with Gasteiger partial charge in [-0.2, -0.15) is 4.31 Å². The summed E-state index contributed by atoms with van der Waals surface area (Å²) in [5.74, 6) is 0.125. The number of aliphatic hydroxyl groups excluding tert-OH is 1. The van der Waals surface area contributed by atoms with Crippen LogP contribution in [0.1, 0.15) is 18.9 Å². The summed E-state index contributed by atoms with van der Waals surface area (Å²) in [4.78, 5) is 0. The highest BCUT2D eigenvalue weighted by Crippen LogP contribution is 2.10. The van der Waals surface area contributed by atoms with E-state index in [4.69, 9.17) is 5.11 Å². The standard InChI is InChI=1S/C12H19NO3S/c1-2-10-17(15,16)13(8-9-14)11-12-6-4-3-5-7-12/h3-7,14H,2,8-11H2,1H3. The molecule has 0 heterocycles. The molecule has 1 aromatic rings. The van der Waals surface area contributed by atoms with Crippen LogP contribution in [0.5, 0.6) is 0 Å². The van der Waals surface area contributed by atoms with Crippen molar-refractivity contribution >= 4 is 10.0 Å². The van der Waals surface area contributed by atoms with Crippen LogP contribution in [-0.4, -0.2) is 36.7 Å². The van der Waals surface area contributed by atoms with Gasteiger partial charge >= 0.3 is 0 Å². The van der Waals surface area contributed by atoms with E-state index in [0.29, 0.717) is 13.0 Å². The van der Waals surface area contributed by atoms with Crippen LogP contribution in [0.2, 0.25) is 0 Å². The van der Waals surface area contributed by atoms with Crippen molar-refractivity contribution in [2.45, 2.75) is 19.9 Å². The van der Waals surface area contributed by atoms with E-state index >= 15 is 0 Å². The maximum atomic E-state index is 11.9. The van der Waals surface area contributed by atoms with Crippen molar-refractivity contribution in [3.8, 4) is 0 Å². The van der Waals surface area contributed by atoms with Gasteiger partial charge in [0, 0.05) is 13.1 Å². The Morgan fingerprint density at radius 3 is 2.41 bits per heavy atom. The number of rotatable bonds is 7. The Morgan fingerprint density at radius 2 is 1.88 bits per heavy atom. The van der Waals surface area contributed by atoms with Gasteiger partial charge in [0.15, 0.2) is 0 Å². The lowest BCUT2D eigenvalue weighted by molar-refractivity contribution is 0.251. The van der Waals surface area contributed by atoms with Gasteiger partial charge in [0.05, 0.1) is 12.4 Å². The van der Waals surface area contributed by atoms with E-state index in [2.05, 4.69) is 0 Å². The number of hydrogen-bond acceptors (Lipinski definition) is 3. The molecule has 5 heteroatoms. The van der Waals surface area contributed by atoms with Crippen molar-refractivity contribution in [2.75, 3.05) is 18.9 Å². The summed E-state index contributed by atoms with van der Waals surface area (Å²) in [5.41, 5.74) is 0.931. The van der Waals surface area contributed by atoms with Gasteiger partial charge in [-0.05, 0) is 12.0 Å². The Labute approximate surface area is 103 Å². The molecule has 0 aliphatic rings. The van der Waals surface area contributed by atoms with Crippen LogP contribution in [0.4, 0.5) is 0 Å². The molecular weight excluding hydrogens is 238 g/mol. The van der Waals surface area contributed by atoms with Crippen molar-refractivity contribution in [3.05, 3.63) is 35.9 Å². The molecule has 1 aromatic carbocycles. The van der Waals surface area contributed by atoms with E-state index < -0.39 is 10.0 Å². The van der Waals surface area contributed by atoms with Gasteiger partial charge < -0.3 is 5.11 Å². The molecule has 17 heavy (non-hydrogen) atoms. The molecule has 96 valence electrons. The van der Waals surface area contributed by atoms with Crippen LogP contribution < -0.4 is 0 Å². The lowest BCUT2D eigenvalue weighted by atomic mass is 10.2. The fourth-order valence-electron chi connectivity index (χ4n) is 1.60. The summed E-state index contributed by atoms with van der Waals surface area (Å²) < 4.78 is 25.2. The summed E-state index contributed by atoms with van der Waals surface area (Å²) >= 11 is 0. The third kappa shape index (κ3) is 4.46. The molecule has 1 N–H and O–H groups in total. The second kappa shape index (κ2) is 6.74. The van der Waals surface area contributed by atoms with E-state index in [1.807, 2.05) is 37.3 Å². The summed E-state index contributed by atoms with van der Waals surface area (Å²) in [6.45, 7) is 2.15. The molecule has 1 rings (SSSR count). The Balaban J connectivity index is 2.80. The molecule has 0 fully saturated rings. The summed E-state index contributed by atoms with van der Waals surface area (Å²) in [6.07, 6.45) is 0.582. The summed E-state index contributed by atoms with van der Waals surface area (Å²) in [7, 11) is -3.26. The highest BCUT2D eigenvalue weighted by molar-refractivity contribution is 7.89. The third-order valence-corrected chi connectivity index (χ3v) is 4.43. The zero-order valence-corrected chi connectivity index (χ0v) is 10.9. The molecule has 0 aliphatic carbocycles. The second-order valence-corrected chi connectivity index (χ2v) is 5.95. The van der Waals surface area contributed by atoms with Gasteiger partial charge in [-0.1, -0.05) is 37.3 Å². The molecule has 0 spiro atoms. The Hall–Kier alpha value is -0.910. The molecule has 4 nitrogen and oxygen atoms in total. The summed E-state index contributed by atoms with van der Waals surface area (Å²) in [6, 6.07) is 9.40. The number of hydrogen-bond donors (Lipinski definition) is 1. The number of benzene rings is 1. The fourth-order valence-corrected chi connectivity index (χ4v) is 3.08. The molecule has 0 saturated heterocycles. The fraction of sp³-hybridized carbons (Fsp3) is 0.500. The van der Waals surface area contributed by atoms with Crippen molar-refractivity contribution in [1.82, 2.24) is 4.31 Å². The predicted molar refractivity (Wildman–Crippen MR) is 68.0 cm³/mol. The Kier molecular flexibility index (Phi) is 5.61. The monoisotopic (exact) mass is 257 g/mol. The first-order valence-corrected chi connectivity index (χ1v) is 7.33. The van der Waals surface area contributed by atoms with Gasteiger partial charge in [0.25, 0.3) is 0 Å². The van der Waals surface area contributed by atoms with E-state index in [1.54, 1.807) is 0 Å². The molecule has 0 saturated carbocycles. The maximum Gasteiger partial charge on any atom is 0.214 e. The zero-order valence-electron chi connectivity index (χ0n) is 10.0. The largest absolute Gasteiger partial charge is 0.395 e. The first kappa shape index (κ1) is 14.2. The first-order chi connectivity index (χ1) is 8.10. The highest BCUT2D eigenvalue weighted by Gasteiger charge is 2.20. The lowest BCUT2D eigenvalue weighted by Crippen LogP contribution is -2.34. The SMILES string of the molecule is CCCS(=O)(=O)N(CCO)Cc1ccccc1. The van der Waals surface area contributed by atoms with Crippen molar-refractivity contribution < 1.29 is 13.5 Å². The minimum atomic E-state index is -3.26. The molecule has 0 aliphatic heterocycles. The lowest BCUT2D eigenvalue weighted by Gasteiger charge is -2.21. The number of aliphatic hydroxyl groups is 1. The topological polar surface area (TPSA) is 57.6 Å². The number of sulfonamides is 1. The van der Waals surface area contributed by atoms with Crippen LogP contribution in [-0.2, 0) is 16.6 Å². The average Bonchev–Trinajstić information content (AvgIpc) is 2.30. The van der Waals surface area contributed by atoms with Crippen LogP contribution >= 0.6 is 0 Å². The van der Waals surface area contributed by atoms with Gasteiger partial charge in [-0.15, -0.1) is 0 Å². The average molecular weight is 257 g/mol. The maximum absolute atomic E-state index is 11.9. The highest BCUT2D eigenvalue weighted by atomic mass is 32.2. The molecule has 0 atom stereocenters. The van der Waals surface area contributed by atoms with E-state index in [0.717, 1.165) is 5.56 Å². The third-order valence-electron chi connectivity index (χ3n) is 2.41. The normalized spacial score (nSPS) is 11.9. The van der Waals surface area contributed by atoms with Crippen LogP contribution in [0.15, 0.2) is 30.3 Å². The molecule has 0 aromatic heterocycles. The van der Waals surface area contributed by atoms with Gasteiger partial charge in [-0.25, -0.2) is 8.42 Å². The van der Waals surface area contributed by atoms with E-state index in [1.165, 1.54) is 4.31 Å². The van der Waals surface area contributed by atoms with Crippen LogP contribution in [0.3, 0.4) is 0 Å². The quantitative estimate of drug-likeness (QED) is 0.799. The van der Waals surface area contributed by atoms with Gasteiger partial charge in [-0.3, -0.25) is 0 Å². The molecule has 0 amide bonds. The molecule has 0 radical (unpaired) electrons. The Bertz CT molecular complexity index is 417. The van der Waals surface area contributed by atoms with Gasteiger partial charge in [0.2, 0.25) is 10.0 Å². The van der Waals surface area contributed by atoms with Gasteiger partial charge in [0.1, 0.15) is 0 Å². The van der Waals surface area contributed by atoms with Crippen molar-refractivity contribution in [3.63, 3.8) is 0 Å². The zero-order chi connectivity index (χ0) is 12.7. The van der Waals surface area contributed by atoms with Crippen LogP contribution in [0, 0.1) is 0 Å². The molecule has 0 unspecified atom stereocenters. The van der Waals surface area contributed by atoms with Crippen molar-refractivity contribution in [1.29, 1.82) is 0 Å². The van der Waals surface area contributed by atoms with Crippen molar-refractivity contribution in [2.24, 2.45) is 0 Å². The minimum Gasteiger partial charge on any atom is -0.395 e. The van der Waals surface area contributed by atoms with Crippen LogP contribution in [0.25, 0.3) is 0 Å².